The van der Waals surface area contributed by atoms with Crippen molar-refractivity contribution in [1.29, 1.82) is 0 Å². The van der Waals surface area contributed by atoms with Crippen molar-refractivity contribution < 1.29 is 8.94 Å². The van der Waals surface area contributed by atoms with Crippen LogP contribution in [0.2, 0.25) is 0 Å². The lowest BCUT2D eigenvalue weighted by molar-refractivity contribution is 0.399. The molecule has 0 bridgehead atoms. The molecule has 0 amide bonds. The van der Waals surface area contributed by atoms with E-state index in [1.807, 2.05) is 30.3 Å². The normalized spacial score (nSPS) is 11.0. The van der Waals surface area contributed by atoms with Gasteiger partial charge in [0.25, 0.3) is 10.7 Å². The molecule has 9 heteroatoms. The molecular weight excluding hydrogens is 316 g/mol. The molecule has 3 heterocycles. The number of nitrogens with one attached hydrogen (secondary N) is 1. The van der Waals surface area contributed by atoms with Crippen LogP contribution in [0.3, 0.4) is 0 Å². The zero-order valence-electron chi connectivity index (χ0n) is 11.9. The molecule has 0 spiro atoms. The van der Waals surface area contributed by atoms with Gasteiger partial charge in [0, 0.05) is 0 Å². The zero-order valence-corrected chi connectivity index (χ0v) is 12.7. The molecule has 114 valence electrons. The average molecular weight is 326 g/mol. The van der Waals surface area contributed by atoms with Gasteiger partial charge in [-0.05, 0) is 31.3 Å². The van der Waals surface area contributed by atoms with Crippen LogP contribution in [0.4, 0.5) is 0 Å². The van der Waals surface area contributed by atoms with Gasteiger partial charge in [-0.15, -0.1) is 10.2 Å². The first-order chi connectivity index (χ1) is 11.2. The predicted octanol–water partition coefficient (Wildman–Crippen LogP) is 2.94. The number of aromatic amines is 1. The van der Waals surface area contributed by atoms with Gasteiger partial charge in [0.2, 0.25) is 0 Å². The van der Waals surface area contributed by atoms with E-state index in [0.29, 0.717) is 28.6 Å². The Morgan fingerprint density at radius 1 is 1.22 bits per heavy atom. The number of para-hydroxylation sites is 1. The van der Waals surface area contributed by atoms with Gasteiger partial charge in [-0.25, -0.2) is 5.10 Å². The molecule has 4 aromatic rings. The minimum atomic E-state index is 0.180. The van der Waals surface area contributed by atoms with Crippen molar-refractivity contribution in [1.82, 2.24) is 30.3 Å². The van der Waals surface area contributed by atoms with Gasteiger partial charge < -0.3 is 8.94 Å². The molecule has 0 aliphatic carbocycles. The van der Waals surface area contributed by atoms with Crippen LogP contribution in [0.25, 0.3) is 28.5 Å². The lowest BCUT2D eigenvalue weighted by atomic mass is 10.1. The van der Waals surface area contributed by atoms with E-state index in [0.717, 1.165) is 5.69 Å². The van der Waals surface area contributed by atoms with E-state index in [2.05, 4.69) is 25.6 Å². The largest absolute Gasteiger partial charge is 0.409 e. The van der Waals surface area contributed by atoms with Crippen molar-refractivity contribution in [3.63, 3.8) is 0 Å². The highest BCUT2D eigenvalue weighted by atomic mass is 32.1. The summed E-state index contributed by atoms with van der Waals surface area (Å²) >= 11 is 4.91. The number of hydrogen-bond acceptors (Lipinski definition) is 7. The van der Waals surface area contributed by atoms with E-state index >= 15 is 0 Å². The third-order valence-electron chi connectivity index (χ3n) is 3.24. The summed E-state index contributed by atoms with van der Waals surface area (Å²) in [5.41, 5.74) is 2.48. The number of rotatable bonds is 3. The van der Waals surface area contributed by atoms with Crippen LogP contribution < -0.4 is 0 Å². The van der Waals surface area contributed by atoms with E-state index in [1.165, 1.54) is 4.80 Å². The van der Waals surface area contributed by atoms with Gasteiger partial charge in [-0.1, -0.05) is 23.4 Å². The van der Waals surface area contributed by atoms with Gasteiger partial charge in [-0.3, -0.25) is 0 Å². The topological polar surface area (TPSA) is 98.6 Å². The van der Waals surface area contributed by atoms with Crippen molar-refractivity contribution in [2.75, 3.05) is 0 Å². The van der Waals surface area contributed by atoms with Crippen molar-refractivity contribution in [3.05, 3.63) is 47.1 Å². The highest BCUT2D eigenvalue weighted by Gasteiger charge is 2.23. The maximum Gasteiger partial charge on any atom is 0.284 e. The molecule has 1 aromatic carbocycles. The number of H-pyrrole nitrogens is 1. The molecular formula is C14H10N6O2S. The second kappa shape index (κ2) is 5.29. The number of aryl methyl sites for hydroxylation is 1. The summed E-state index contributed by atoms with van der Waals surface area (Å²) in [6.45, 7) is 1.76. The van der Waals surface area contributed by atoms with Crippen molar-refractivity contribution >= 4 is 12.2 Å². The van der Waals surface area contributed by atoms with Crippen LogP contribution in [0.1, 0.15) is 5.76 Å². The van der Waals surface area contributed by atoms with E-state index in [-0.39, 0.29) is 4.84 Å². The van der Waals surface area contributed by atoms with E-state index in [1.54, 1.807) is 13.1 Å². The maximum absolute atomic E-state index is 5.36. The minimum Gasteiger partial charge on any atom is -0.409 e. The molecule has 0 saturated carbocycles. The van der Waals surface area contributed by atoms with Crippen LogP contribution in [-0.4, -0.2) is 30.3 Å². The lowest BCUT2D eigenvalue weighted by Crippen LogP contribution is -1.98. The molecule has 3 aromatic heterocycles. The molecule has 0 radical (unpaired) electrons. The van der Waals surface area contributed by atoms with Crippen LogP contribution in [0.5, 0.6) is 0 Å². The summed E-state index contributed by atoms with van der Waals surface area (Å²) in [5, 5.41) is 19.3. The summed E-state index contributed by atoms with van der Waals surface area (Å²) in [4.78, 5) is 1.70. The molecule has 23 heavy (non-hydrogen) atoms. The Hall–Kier alpha value is -3.07. The third kappa shape index (κ3) is 2.36. The highest BCUT2D eigenvalue weighted by molar-refractivity contribution is 7.71. The van der Waals surface area contributed by atoms with Gasteiger partial charge in [0.05, 0.1) is 11.9 Å². The maximum atomic E-state index is 5.36. The fraction of sp³-hybridized carbons (Fsp3) is 0.0714. The summed E-state index contributed by atoms with van der Waals surface area (Å²) in [6.07, 6.45) is 1.61. The molecule has 4 rings (SSSR count). The van der Waals surface area contributed by atoms with E-state index < -0.39 is 0 Å². The Morgan fingerprint density at radius 3 is 2.78 bits per heavy atom. The first kappa shape index (κ1) is 13.6. The van der Waals surface area contributed by atoms with Crippen LogP contribution in [0, 0.1) is 11.8 Å². The van der Waals surface area contributed by atoms with Gasteiger partial charge in [-0.2, -0.15) is 9.90 Å². The first-order valence-corrected chi connectivity index (χ1v) is 7.13. The van der Waals surface area contributed by atoms with Crippen molar-refractivity contribution in [2.24, 2.45) is 0 Å². The fourth-order valence-corrected chi connectivity index (χ4v) is 2.32. The first-order valence-electron chi connectivity index (χ1n) is 6.72. The predicted molar refractivity (Wildman–Crippen MR) is 82.3 cm³/mol. The van der Waals surface area contributed by atoms with Crippen LogP contribution in [-0.2, 0) is 0 Å². The molecule has 0 atom stereocenters. The fourth-order valence-electron chi connectivity index (χ4n) is 2.19. The number of aromatic nitrogens is 6. The Morgan fingerprint density at radius 2 is 2.04 bits per heavy atom. The highest BCUT2D eigenvalue weighted by Crippen LogP contribution is 2.32. The molecule has 1 N–H and O–H groups in total. The van der Waals surface area contributed by atoms with Crippen LogP contribution >= 0.6 is 12.2 Å². The van der Waals surface area contributed by atoms with Gasteiger partial charge in [0.15, 0.2) is 0 Å². The zero-order chi connectivity index (χ0) is 15.8. The number of benzene rings is 1. The molecule has 0 aliphatic rings. The SMILES string of the molecule is Cc1onc(-c2cnn(-c3ccccc3)n2)c1-c1n[nH]c(=S)o1. The van der Waals surface area contributed by atoms with Crippen molar-refractivity contribution in [3.8, 4) is 28.5 Å². The summed E-state index contributed by atoms with van der Waals surface area (Å²) < 4.78 is 10.6. The van der Waals surface area contributed by atoms with Gasteiger partial charge in [0.1, 0.15) is 22.7 Å². The Labute approximate surface area is 134 Å². The molecule has 8 nitrogen and oxygen atoms in total. The van der Waals surface area contributed by atoms with Crippen LogP contribution in [0.15, 0.2) is 45.5 Å². The quantitative estimate of drug-likeness (QED) is 0.578. The standard InChI is InChI=1S/C14H10N6O2S/c1-8-11(13-16-17-14(23)21-13)12(19-22-8)10-7-15-20(18-10)9-5-3-2-4-6-9/h2-7H,1H3,(H,17,23). The summed E-state index contributed by atoms with van der Waals surface area (Å²) in [5.74, 6) is 0.859. The third-order valence-corrected chi connectivity index (χ3v) is 3.41. The Kier molecular flexibility index (Phi) is 3.12. The average Bonchev–Trinajstić information content (AvgIpc) is 3.27. The minimum absolute atomic E-state index is 0.180. The van der Waals surface area contributed by atoms with Gasteiger partial charge >= 0.3 is 0 Å². The molecule has 0 saturated heterocycles. The smallest absolute Gasteiger partial charge is 0.284 e. The molecule has 0 fully saturated rings. The second-order valence-corrected chi connectivity index (χ2v) is 5.11. The van der Waals surface area contributed by atoms with Crippen molar-refractivity contribution in [2.45, 2.75) is 6.92 Å². The Bertz CT molecular complexity index is 1010. The molecule has 0 unspecified atom stereocenters. The Balaban J connectivity index is 1.81. The summed E-state index contributed by atoms with van der Waals surface area (Å²) in [7, 11) is 0. The monoisotopic (exact) mass is 326 g/mol. The molecule has 0 aliphatic heterocycles. The second-order valence-electron chi connectivity index (χ2n) is 4.74. The number of hydrogen-bond donors (Lipinski definition) is 1. The van der Waals surface area contributed by atoms with E-state index in [9.17, 15) is 0 Å². The summed E-state index contributed by atoms with van der Waals surface area (Å²) in [6, 6.07) is 9.57. The lowest BCUT2D eigenvalue weighted by Gasteiger charge is -1.97. The number of nitrogens with zero attached hydrogens (tertiary/aromatic N) is 5. The van der Waals surface area contributed by atoms with E-state index in [4.69, 9.17) is 21.2 Å².